The van der Waals surface area contributed by atoms with E-state index in [0.717, 1.165) is 5.56 Å². The number of rotatable bonds is 5. The fraction of sp³-hybridized carbons (Fsp3) is 0.400. The lowest BCUT2D eigenvalue weighted by molar-refractivity contribution is 0.592. The summed E-state index contributed by atoms with van der Waals surface area (Å²) in [6.07, 6.45) is 0. The molecule has 0 fully saturated rings. The molecule has 4 nitrogen and oxygen atoms in total. The van der Waals surface area contributed by atoms with Gasteiger partial charge in [0.2, 0.25) is 10.0 Å². The average molecular weight is 228 g/mol. The number of primary sulfonamides is 1. The Kier molecular flexibility index (Phi) is 4.26. The van der Waals surface area contributed by atoms with Crippen molar-refractivity contribution < 1.29 is 8.42 Å². The first kappa shape index (κ1) is 12.2. The van der Waals surface area contributed by atoms with E-state index in [9.17, 15) is 8.42 Å². The molecule has 0 aromatic heterocycles. The minimum absolute atomic E-state index is 0.0289. The molecule has 0 spiro atoms. The van der Waals surface area contributed by atoms with E-state index in [1.165, 1.54) is 5.56 Å². The van der Waals surface area contributed by atoms with Crippen LogP contribution in [0.3, 0.4) is 0 Å². The molecule has 0 saturated carbocycles. The molecule has 15 heavy (non-hydrogen) atoms. The Morgan fingerprint density at radius 3 is 2.40 bits per heavy atom. The second-order valence-electron chi connectivity index (χ2n) is 3.53. The van der Waals surface area contributed by atoms with Gasteiger partial charge >= 0.3 is 0 Å². The second kappa shape index (κ2) is 5.25. The largest absolute Gasteiger partial charge is 0.312 e. The molecule has 0 radical (unpaired) electrons. The zero-order valence-electron chi connectivity index (χ0n) is 8.73. The first-order valence-corrected chi connectivity index (χ1v) is 6.46. The van der Waals surface area contributed by atoms with E-state index < -0.39 is 10.0 Å². The van der Waals surface area contributed by atoms with Crippen molar-refractivity contribution in [1.82, 2.24) is 5.32 Å². The molecule has 0 unspecified atom stereocenters. The molecule has 0 aliphatic heterocycles. The highest BCUT2D eigenvalue weighted by Gasteiger charge is 2.00. The van der Waals surface area contributed by atoms with Gasteiger partial charge in [0.25, 0.3) is 0 Å². The van der Waals surface area contributed by atoms with Gasteiger partial charge in [-0.3, -0.25) is 0 Å². The molecule has 0 atom stereocenters. The normalized spacial score (nSPS) is 11.6. The molecule has 0 amide bonds. The summed E-state index contributed by atoms with van der Waals surface area (Å²) in [4.78, 5) is 0. The number of sulfonamides is 1. The van der Waals surface area contributed by atoms with Crippen LogP contribution in [0, 0.1) is 6.92 Å². The molecular formula is C10H16N2O2S. The van der Waals surface area contributed by atoms with Crippen LogP contribution in [0.5, 0.6) is 0 Å². The summed E-state index contributed by atoms with van der Waals surface area (Å²) < 4.78 is 21.3. The lowest BCUT2D eigenvalue weighted by Gasteiger charge is -2.04. The van der Waals surface area contributed by atoms with Crippen LogP contribution in [-0.2, 0) is 16.6 Å². The smallest absolute Gasteiger partial charge is 0.210 e. The van der Waals surface area contributed by atoms with Crippen molar-refractivity contribution in [3.8, 4) is 0 Å². The van der Waals surface area contributed by atoms with E-state index in [-0.39, 0.29) is 5.75 Å². The van der Waals surface area contributed by atoms with Crippen LogP contribution in [0.25, 0.3) is 0 Å². The van der Waals surface area contributed by atoms with E-state index in [0.29, 0.717) is 13.1 Å². The fourth-order valence-electron chi connectivity index (χ4n) is 1.15. The third kappa shape index (κ3) is 5.51. The predicted molar refractivity (Wildman–Crippen MR) is 60.9 cm³/mol. The van der Waals surface area contributed by atoms with Gasteiger partial charge in [0.05, 0.1) is 5.75 Å². The SMILES string of the molecule is Cc1ccc(CNCCS(N)(=O)=O)cc1. The van der Waals surface area contributed by atoms with Crippen molar-refractivity contribution >= 4 is 10.0 Å². The second-order valence-corrected chi connectivity index (χ2v) is 5.26. The minimum atomic E-state index is -3.35. The maximum absolute atomic E-state index is 10.6. The van der Waals surface area contributed by atoms with Crippen molar-refractivity contribution in [3.63, 3.8) is 0 Å². The summed E-state index contributed by atoms with van der Waals surface area (Å²) in [7, 11) is -3.35. The van der Waals surface area contributed by atoms with E-state index in [1.54, 1.807) is 0 Å². The molecular weight excluding hydrogens is 212 g/mol. The Labute approximate surface area is 90.5 Å². The molecule has 5 heteroatoms. The van der Waals surface area contributed by atoms with Crippen molar-refractivity contribution in [3.05, 3.63) is 35.4 Å². The Morgan fingerprint density at radius 1 is 1.27 bits per heavy atom. The minimum Gasteiger partial charge on any atom is -0.312 e. The van der Waals surface area contributed by atoms with Gasteiger partial charge in [-0.1, -0.05) is 29.8 Å². The maximum atomic E-state index is 10.6. The lowest BCUT2D eigenvalue weighted by Crippen LogP contribution is -2.26. The topological polar surface area (TPSA) is 72.2 Å². The Morgan fingerprint density at radius 2 is 1.87 bits per heavy atom. The average Bonchev–Trinajstić information content (AvgIpc) is 2.14. The molecule has 0 heterocycles. The number of hydrogen-bond acceptors (Lipinski definition) is 3. The summed E-state index contributed by atoms with van der Waals surface area (Å²) >= 11 is 0. The highest BCUT2D eigenvalue weighted by Crippen LogP contribution is 2.01. The third-order valence-electron chi connectivity index (χ3n) is 2.01. The third-order valence-corrected chi connectivity index (χ3v) is 2.79. The van der Waals surface area contributed by atoms with Crippen molar-refractivity contribution in [2.75, 3.05) is 12.3 Å². The number of benzene rings is 1. The monoisotopic (exact) mass is 228 g/mol. The number of nitrogens with two attached hydrogens (primary N) is 1. The summed E-state index contributed by atoms with van der Waals surface area (Å²) in [5.74, 6) is -0.0289. The van der Waals surface area contributed by atoms with Crippen LogP contribution in [0.4, 0.5) is 0 Å². The standard InChI is InChI=1S/C10H16N2O2S/c1-9-2-4-10(5-3-9)8-12-6-7-15(11,13)14/h2-5,12H,6-8H2,1H3,(H2,11,13,14). The van der Waals surface area contributed by atoms with Gasteiger partial charge in [-0.15, -0.1) is 0 Å². The lowest BCUT2D eigenvalue weighted by atomic mass is 10.1. The first-order valence-electron chi connectivity index (χ1n) is 4.74. The van der Waals surface area contributed by atoms with Crippen LogP contribution in [0.1, 0.15) is 11.1 Å². The van der Waals surface area contributed by atoms with Crippen molar-refractivity contribution in [2.24, 2.45) is 5.14 Å². The van der Waals surface area contributed by atoms with Gasteiger partial charge in [0, 0.05) is 13.1 Å². The van der Waals surface area contributed by atoms with Crippen LogP contribution in [0.2, 0.25) is 0 Å². The predicted octanol–water partition coefficient (Wildman–Crippen LogP) is 0.373. The van der Waals surface area contributed by atoms with E-state index in [2.05, 4.69) is 5.32 Å². The van der Waals surface area contributed by atoms with Gasteiger partial charge in [0.15, 0.2) is 0 Å². The van der Waals surface area contributed by atoms with Crippen LogP contribution < -0.4 is 10.5 Å². The maximum Gasteiger partial charge on any atom is 0.210 e. The van der Waals surface area contributed by atoms with E-state index >= 15 is 0 Å². The molecule has 0 bridgehead atoms. The molecule has 1 aromatic carbocycles. The molecule has 0 saturated heterocycles. The quantitative estimate of drug-likeness (QED) is 0.715. The van der Waals surface area contributed by atoms with Gasteiger partial charge < -0.3 is 5.32 Å². The highest BCUT2D eigenvalue weighted by molar-refractivity contribution is 7.89. The van der Waals surface area contributed by atoms with Gasteiger partial charge in [0.1, 0.15) is 0 Å². The molecule has 1 aromatic rings. The highest BCUT2D eigenvalue weighted by atomic mass is 32.2. The summed E-state index contributed by atoms with van der Waals surface area (Å²) in [5, 5.41) is 7.89. The molecule has 84 valence electrons. The zero-order valence-corrected chi connectivity index (χ0v) is 9.55. The Balaban J connectivity index is 2.29. The Hall–Kier alpha value is -0.910. The van der Waals surface area contributed by atoms with Crippen molar-refractivity contribution in [1.29, 1.82) is 0 Å². The van der Waals surface area contributed by atoms with E-state index in [1.807, 2.05) is 31.2 Å². The summed E-state index contributed by atoms with van der Waals surface area (Å²) in [5.41, 5.74) is 2.35. The summed E-state index contributed by atoms with van der Waals surface area (Å²) in [6, 6.07) is 8.08. The number of hydrogen-bond donors (Lipinski definition) is 2. The molecule has 3 N–H and O–H groups in total. The molecule has 0 aliphatic carbocycles. The van der Waals surface area contributed by atoms with Gasteiger partial charge in [-0.2, -0.15) is 0 Å². The van der Waals surface area contributed by atoms with E-state index in [4.69, 9.17) is 5.14 Å². The molecule has 0 aliphatic rings. The van der Waals surface area contributed by atoms with Crippen LogP contribution in [0.15, 0.2) is 24.3 Å². The Bertz CT molecular complexity index is 398. The number of aryl methyl sites for hydroxylation is 1. The van der Waals surface area contributed by atoms with Gasteiger partial charge in [-0.05, 0) is 12.5 Å². The summed E-state index contributed by atoms with van der Waals surface area (Å²) in [6.45, 7) is 3.07. The fourth-order valence-corrected chi connectivity index (χ4v) is 1.58. The zero-order chi connectivity index (χ0) is 11.3. The molecule has 1 rings (SSSR count). The van der Waals surface area contributed by atoms with Crippen LogP contribution in [-0.4, -0.2) is 20.7 Å². The first-order chi connectivity index (χ1) is 6.97. The van der Waals surface area contributed by atoms with Crippen molar-refractivity contribution in [2.45, 2.75) is 13.5 Å². The number of nitrogens with one attached hydrogen (secondary N) is 1. The van der Waals surface area contributed by atoms with Gasteiger partial charge in [-0.25, -0.2) is 13.6 Å². The van der Waals surface area contributed by atoms with Crippen LogP contribution >= 0.6 is 0 Å².